The lowest BCUT2D eigenvalue weighted by Crippen LogP contribution is -2.65. The SMILES string of the molecule is CNC(C)(C)C1(c2ccc3nc[nH]c3c2)COC1. The van der Waals surface area contributed by atoms with Crippen molar-refractivity contribution in [2.75, 3.05) is 20.3 Å². The Morgan fingerprint density at radius 3 is 2.78 bits per heavy atom. The summed E-state index contributed by atoms with van der Waals surface area (Å²) in [5.41, 5.74) is 3.45. The lowest BCUT2D eigenvalue weighted by molar-refractivity contribution is -0.0990. The fraction of sp³-hybridized carbons (Fsp3) is 0.500. The first-order chi connectivity index (χ1) is 8.59. The third-order valence-electron chi connectivity index (χ3n) is 4.49. The maximum Gasteiger partial charge on any atom is 0.0931 e. The predicted octanol–water partition coefficient (Wildman–Crippen LogP) is 1.83. The molecule has 96 valence electrons. The number of rotatable bonds is 3. The smallest absolute Gasteiger partial charge is 0.0931 e. The Morgan fingerprint density at radius 1 is 1.39 bits per heavy atom. The van der Waals surface area contributed by atoms with Gasteiger partial charge in [0.1, 0.15) is 0 Å². The van der Waals surface area contributed by atoms with Crippen molar-refractivity contribution in [3.63, 3.8) is 0 Å². The number of aromatic nitrogens is 2. The van der Waals surface area contributed by atoms with Crippen LogP contribution in [-0.2, 0) is 10.2 Å². The predicted molar refractivity (Wildman–Crippen MR) is 71.7 cm³/mol. The molecule has 18 heavy (non-hydrogen) atoms. The number of nitrogens with zero attached hydrogens (tertiary/aromatic N) is 1. The Kier molecular flexibility index (Phi) is 2.47. The van der Waals surface area contributed by atoms with Gasteiger partial charge in [-0.05, 0) is 38.6 Å². The first-order valence-electron chi connectivity index (χ1n) is 6.29. The van der Waals surface area contributed by atoms with E-state index >= 15 is 0 Å². The van der Waals surface area contributed by atoms with E-state index in [2.05, 4.69) is 47.3 Å². The highest BCUT2D eigenvalue weighted by Crippen LogP contribution is 2.42. The van der Waals surface area contributed by atoms with Gasteiger partial charge in [-0.2, -0.15) is 0 Å². The number of likely N-dealkylation sites (N-methyl/N-ethyl adjacent to an activating group) is 1. The summed E-state index contributed by atoms with van der Waals surface area (Å²) >= 11 is 0. The first-order valence-corrected chi connectivity index (χ1v) is 6.29. The molecular weight excluding hydrogens is 226 g/mol. The lowest BCUT2D eigenvalue weighted by Gasteiger charge is -2.52. The van der Waals surface area contributed by atoms with Gasteiger partial charge in [0.2, 0.25) is 0 Å². The number of aromatic amines is 1. The zero-order chi connectivity index (χ0) is 12.8. The molecule has 0 aliphatic carbocycles. The molecule has 0 spiro atoms. The van der Waals surface area contributed by atoms with E-state index in [4.69, 9.17) is 4.74 Å². The highest BCUT2D eigenvalue weighted by atomic mass is 16.5. The summed E-state index contributed by atoms with van der Waals surface area (Å²) in [7, 11) is 2.01. The first kappa shape index (κ1) is 11.7. The molecule has 0 amide bonds. The van der Waals surface area contributed by atoms with Crippen LogP contribution in [0.25, 0.3) is 11.0 Å². The summed E-state index contributed by atoms with van der Waals surface area (Å²) in [6.07, 6.45) is 1.74. The van der Waals surface area contributed by atoms with E-state index < -0.39 is 0 Å². The van der Waals surface area contributed by atoms with Gasteiger partial charge in [0.15, 0.2) is 0 Å². The monoisotopic (exact) mass is 245 g/mol. The minimum Gasteiger partial charge on any atom is -0.379 e. The number of nitrogens with one attached hydrogen (secondary N) is 2. The number of hydrogen-bond donors (Lipinski definition) is 2. The van der Waals surface area contributed by atoms with Crippen LogP contribution in [0.4, 0.5) is 0 Å². The van der Waals surface area contributed by atoms with Crippen LogP contribution < -0.4 is 5.32 Å². The van der Waals surface area contributed by atoms with Crippen molar-refractivity contribution in [1.82, 2.24) is 15.3 Å². The van der Waals surface area contributed by atoms with Gasteiger partial charge in [0.25, 0.3) is 0 Å². The molecule has 1 aliphatic rings. The summed E-state index contributed by atoms with van der Waals surface area (Å²) in [5, 5.41) is 3.42. The minimum atomic E-state index is -0.00104. The highest BCUT2D eigenvalue weighted by molar-refractivity contribution is 5.75. The Bertz CT molecular complexity index is 569. The maximum absolute atomic E-state index is 5.51. The molecular formula is C14H19N3O. The van der Waals surface area contributed by atoms with Crippen LogP contribution in [0.3, 0.4) is 0 Å². The van der Waals surface area contributed by atoms with Crippen LogP contribution in [0.15, 0.2) is 24.5 Å². The third kappa shape index (κ3) is 1.42. The molecule has 0 unspecified atom stereocenters. The minimum absolute atomic E-state index is 0.00104. The second-order valence-electron chi connectivity index (χ2n) is 5.58. The molecule has 1 fully saturated rings. The van der Waals surface area contributed by atoms with Gasteiger partial charge in [-0.1, -0.05) is 6.07 Å². The fourth-order valence-electron chi connectivity index (χ4n) is 2.67. The standard InChI is InChI=1S/C14H19N3O/c1-13(2,15-3)14(7-18-8-14)10-4-5-11-12(6-10)17-9-16-11/h4-6,9,15H,7-8H2,1-3H3,(H,16,17). The fourth-order valence-corrected chi connectivity index (χ4v) is 2.67. The zero-order valence-corrected chi connectivity index (χ0v) is 11.1. The zero-order valence-electron chi connectivity index (χ0n) is 11.1. The molecule has 0 radical (unpaired) electrons. The molecule has 2 aromatic rings. The van der Waals surface area contributed by atoms with Crippen molar-refractivity contribution in [2.24, 2.45) is 0 Å². The normalized spacial score (nSPS) is 18.8. The molecule has 0 atom stereocenters. The topological polar surface area (TPSA) is 49.9 Å². The molecule has 1 aliphatic heterocycles. The molecule has 1 aromatic carbocycles. The summed E-state index contributed by atoms with van der Waals surface area (Å²) in [6.45, 7) is 5.99. The van der Waals surface area contributed by atoms with Crippen molar-refractivity contribution in [3.8, 4) is 0 Å². The van der Waals surface area contributed by atoms with Crippen LogP contribution in [0.5, 0.6) is 0 Å². The van der Waals surface area contributed by atoms with Gasteiger partial charge in [0, 0.05) is 5.54 Å². The van der Waals surface area contributed by atoms with Gasteiger partial charge < -0.3 is 15.0 Å². The number of fused-ring (bicyclic) bond motifs is 1. The Balaban J connectivity index is 2.11. The number of imidazole rings is 1. The van der Waals surface area contributed by atoms with Gasteiger partial charge in [-0.3, -0.25) is 0 Å². The molecule has 1 aromatic heterocycles. The number of ether oxygens (including phenoxy) is 1. The van der Waals surface area contributed by atoms with Crippen molar-refractivity contribution >= 4 is 11.0 Å². The molecule has 0 saturated carbocycles. The summed E-state index contributed by atoms with van der Waals surface area (Å²) in [5.74, 6) is 0. The van der Waals surface area contributed by atoms with E-state index in [-0.39, 0.29) is 11.0 Å². The van der Waals surface area contributed by atoms with Crippen LogP contribution in [0.1, 0.15) is 19.4 Å². The maximum atomic E-state index is 5.51. The van der Waals surface area contributed by atoms with Crippen LogP contribution in [0, 0.1) is 0 Å². The quantitative estimate of drug-likeness (QED) is 0.867. The van der Waals surface area contributed by atoms with Crippen LogP contribution in [-0.4, -0.2) is 35.8 Å². The highest BCUT2D eigenvalue weighted by Gasteiger charge is 2.51. The summed E-state index contributed by atoms with van der Waals surface area (Å²) in [4.78, 5) is 7.44. The molecule has 2 heterocycles. The van der Waals surface area contributed by atoms with Crippen molar-refractivity contribution < 1.29 is 4.74 Å². The number of H-pyrrole nitrogens is 1. The van der Waals surface area contributed by atoms with E-state index in [9.17, 15) is 0 Å². The van der Waals surface area contributed by atoms with Gasteiger partial charge in [-0.15, -0.1) is 0 Å². The van der Waals surface area contributed by atoms with E-state index in [1.807, 2.05) is 7.05 Å². The van der Waals surface area contributed by atoms with E-state index in [0.717, 1.165) is 24.2 Å². The lowest BCUT2D eigenvalue weighted by atomic mass is 9.65. The number of hydrogen-bond acceptors (Lipinski definition) is 3. The number of benzene rings is 1. The molecule has 3 rings (SSSR count). The Morgan fingerprint density at radius 2 is 2.17 bits per heavy atom. The molecule has 4 nitrogen and oxygen atoms in total. The summed E-state index contributed by atoms with van der Waals surface area (Å²) < 4.78 is 5.51. The second kappa shape index (κ2) is 3.80. The van der Waals surface area contributed by atoms with E-state index in [0.29, 0.717) is 0 Å². The van der Waals surface area contributed by atoms with Crippen LogP contribution in [0.2, 0.25) is 0 Å². The van der Waals surface area contributed by atoms with Crippen molar-refractivity contribution in [3.05, 3.63) is 30.1 Å². The Hall–Kier alpha value is -1.39. The third-order valence-corrected chi connectivity index (χ3v) is 4.49. The van der Waals surface area contributed by atoms with Gasteiger partial charge in [0.05, 0.1) is 36.0 Å². The average molecular weight is 245 g/mol. The van der Waals surface area contributed by atoms with Crippen molar-refractivity contribution in [2.45, 2.75) is 24.8 Å². The van der Waals surface area contributed by atoms with E-state index in [1.54, 1.807) is 6.33 Å². The molecule has 4 heteroatoms. The van der Waals surface area contributed by atoms with Crippen LogP contribution >= 0.6 is 0 Å². The Labute approximate surface area is 107 Å². The largest absolute Gasteiger partial charge is 0.379 e. The summed E-state index contributed by atoms with van der Waals surface area (Å²) in [6, 6.07) is 6.45. The molecule has 1 saturated heterocycles. The van der Waals surface area contributed by atoms with E-state index in [1.165, 1.54) is 5.56 Å². The molecule has 2 N–H and O–H groups in total. The van der Waals surface area contributed by atoms with Gasteiger partial charge in [-0.25, -0.2) is 4.98 Å². The van der Waals surface area contributed by atoms with Gasteiger partial charge >= 0.3 is 0 Å². The van der Waals surface area contributed by atoms with Crippen molar-refractivity contribution in [1.29, 1.82) is 0 Å². The average Bonchev–Trinajstić information content (AvgIpc) is 2.74. The second-order valence-corrected chi connectivity index (χ2v) is 5.58. The molecule has 0 bridgehead atoms.